The number of benzene rings is 1. The van der Waals surface area contributed by atoms with Gasteiger partial charge >= 0.3 is 6.18 Å². The lowest BCUT2D eigenvalue weighted by Crippen LogP contribution is -2.14. The van der Waals surface area contributed by atoms with Gasteiger partial charge in [-0.1, -0.05) is 18.5 Å². The number of nitrogens with zero attached hydrogens (tertiary/aromatic N) is 2. The minimum absolute atomic E-state index is 0.174. The van der Waals surface area contributed by atoms with Crippen LogP contribution in [0, 0.1) is 0 Å². The van der Waals surface area contributed by atoms with Gasteiger partial charge in [-0.2, -0.15) is 13.2 Å². The van der Waals surface area contributed by atoms with Crippen LogP contribution in [0.15, 0.2) is 18.2 Å². The lowest BCUT2D eigenvalue weighted by molar-refractivity contribution is -0.144. The van der Waals surface area contributed by atoms with Crippen LogP contribution >= 0.6 is 11.6 Å². The predicted molar refractivity (Wildman–Crippen MR) is 68.3 cm³/mol. The van der Waals surface area contributed by atoms with E-state index >= 15 is 0 Å². The van der Waals surface area contributed by atoms with E-state index in [1.165, 1.54) is 6.07 Å². The molecule has 0 aliphatic heterocycles. The Balaban J connectivity index is 2.62. The van der Waals surface area contributed by atoms with Crippen molar-refractivity contribution in [2.75, 3.05) is 11.9 Å². The van der Waals surface area contributed by atoms with Crippen LogP contribution in [-0.2, 0) is 6.18 Å². The molecule has 0 aliphatic carbocycles. The highest BCUT2D eigenvalue weighted by Gasteiger charge is 2.35. The van der Waals surface area contributed by atoms with Crippen LogP contribution in [0.25, 0.3) is 10.9 Å². The zero-order valence-corrected chi connectivity index (χ0v) is 10.8. The number of alkyl halides is 3. The summed E-state index contributed by atoms with van der Waals surface area (Å²) in [7, 11) is 0. The van der Waals surface area contributed by atoms with Crippen LogP contribution < -0.4 is 5.32 Å². The van der Waals surface area contributed by atoms with Crippen molar-refractivity contribution >= 4 is 28.3 Å². The SMILES string of the molecule is CCCNc1nc(C(F)(F)F)nc2cc(Cl)ccc12. The van der Waals surface area contributed by atoms with Crippen molar-refractivity contribution < 1.29 is 13.2 Å². The summed E-state index contributed by atoms with van der Waals surface area (Å²) in [6.07, 6.45) is -3.81. The third kappa shape index (κ3) is 3.07. The zero-order chi connectivity index (χ0) is 14.0. The van der Waals surface area contributed by atoms with E-state index in [2.05, 4.69) is 15.3 Å². The topological polar surface area (TPSA) is 37.8 Å². The van der Waals surface area contributed by atoms with Crippen molar-refractivity contribution in [2.24, 2.45) is 0 Å². The molecule has 0 spiro atoms. The Kier molecular flexibility index (Phi) is 3.80. The number of hydrogen-bond acceptors (Lipinski definition) is 3. The van der Waals surface area contributed by atoms with Crippen molar-refractivity contribution in [1.29, 1.82) is 0 Å². The lowest BCUT2D eigenvalue weighted by atomic mass is 10.2. The fourth-order valence-electron chi connectivity index (χ4n) is 1.61. The highest BCUT2D eigenvalue weighted by molar-refractivity contribution is 6.31. The number of nitrogens with one attached hydrogen (secondary N) is 1. The number of aromatic nitrogens is 2. The van der Waals surface area contributed by atoms with Crippen molar-refractivity contribution in [3.63, 3.8) is 0 Å². The molecule has 1 aromatic heterocycles. The molecule has 0 amide bonds. The minimum Gasteiger partial charge on any atom is -0.369 e. The fourth-order valence-corrected chi connectivity index (χ4v) is 1.77. The average molecular weight is 290 g/mol. The molecule has 0 bridgehead atoms. The molecular weight excluding hydrogens is 279 g/mol. The molecule has 0 aliphatic rings. The van der Waals surface area contributed by atoms with E-state index in [1.54, 1.807) is 12.1 Å². The second-order valence-electron chi connectivity index (χ2n) is 3.98. The third-order valence-corrected chi connectivity index (χ3v) is 2.69. The maximum absolute atomic E-state index is 12.7. The quantitative estimate of drug-likeness (QED) is 0.923. The standard InChI is InChI=1S/C12H11ClF3N3/c1-2-5-17-10-8-4-3-7(13)6-9(8)18-11(19-10)12(14,15)16/h3-4,6H,2,5H2,1H3,(H,17,18,19). The van der Waals surface area contributed by atoms with E-state index in [1.807, 2.05) is 6.92 Å². The normalized spacial score (nSPS) is 11.8. The molecule has 7 heteroatoms. The maximum Gasteiger partial charge on any atom is 0.451 e. The first kappa shape index (κ1) is 13.9. The third-order valence-electron chi connectivity index (χ3n) is 2.45. The molecule has 0 saturated carbocycles. The highest BCUT2D eigenvalue weighted by atomic mass is 35.5. The molecule has 0 radical (unpaired) electrons. The number of fused-ring (bicyclic) bond motifs is 1. The van der Waals surface area contributed by atoms with E-state index in [0.717, 1.165) is 6.42 Å². The first-order chi connectivity index (χ1) is 8.91. The van der Waals surface area contributed by atoms with Crippen molar-refractivity contribution in [3.05, 3.63) is 29.0 Å². The Morgan fingerprint density at radius 2 is 2.00 bits per heavy atom. The molecule has 1 heterocycles. The second-order valence-corrected chi connectivity index (χ2v) is 4.42. The van der Waals surface area contributed by atoms with Crippen LogP contribution in [0.1, 0.15) is 19.2 Å². The van der Waals surface area contributed by atoms with Crippen LogP contribution in [0.2, 0.25) is 5.02 Å². The van der Waals surface area contributed by atoms with Crippen LogP contribution in [0.5, 0.6) is 0 Å². The average Bonchev–Trinajstić information content (AvgIpc) is 2.33. The van der Waals surface area contributed by atoms with Gasteiger partial charge in [0.25, 0.3) is 0 Å². The summed E-state index contributed by atoms with van der Waals surface area (Å²) in [4.78, 5) is 7.06. The van der Waals surface area contributed by atoms with E-state index in [4.69, 9.17) is 11.6 Å². The smallest absolute Gasteiger partial charge is 0.369 e. The Labute approximate surface area is 112 Å². The van der Waals surface area contributed by atoms with E-state index in [-0.39, 0.29) is 11.3 Å². The Bertz CT molecular complexity index is 599. The first-order valence-corrected chi connectivity index (χ1v) is 6.08. The monoisotopic (exact) mass is 289 g/mol. The molecule has 0 fully saturated rings. The number of hydrogen-bond donors (Lipinski definition) is 1. The summed E-state index contributed by atoms with van der Waals surface area (Å²) in [6, 6.07) is 4.60. The van der Waals surface area contributed by atoms with Gasteiger partial charge in [-0.25, -0.2) is 9.97 Å². The molecule has 1 N–H and O–H groups in total. The molecule has 102 valence electrons. The molecule has 0 unspecified atom stereocenters. The summed E-state index contributed by atoms with van der Waals surface area (Å²) in [5.74, 6) is -0.989. The molecule has 3 nitrogen and oxygen atoms in total. The number of anilines is 1. The first-order valence-electron chi connectivity index (χ1n) is 5.70. The highest BCUT2D eigenvalue weighted by Crippen LogP contribution is 2.31. The van der Waals surface area contributed by atoms with Gasteiger partial charge < -0.3 is 5.32 Å². The Hall–Kier alpha value is -1.56. The number of rotatable bonds is 3. The van der Waals surface area contributed by atoms with Gasteiger partial charge in [-0.3, -0.25) is 0 Å². The van der Waals surface area contributed by atoms with E-state index in [0.29, 0.717) is 17.0 Å². The van der Waals surface area contributed by atoms with Gasteiger partial charge in [-0.15, -0.1) is 0 Å². The largest absolute Gasteiger partial charge is 0.451 e. The van der Waals surface area contributed by atoms with Gasteiger partial charge in [0.2, 0.25) is 5.82 Å². The van der Waals surface area contributed by atoms with E-state index in [9.17, 15) is 13.2 Å². The zero-order valence-electron chi connectivity index (χ0n) is 10.1. The molecule has 1 aromatic carbocycles. The van der Waals surface area contributed by atoms with Gasteiger partial charge in [-0.05, 0) is 24.6 Å². The minimum atomic E-state index is -4.58. The molecule has 2 aromatic rings. The molecule has 2 rings (SSSR count). The molecule has 19 heavy (non-hydrogen) atoms. The van der Waals surface area contributed by atoms with E-state index < -0.39 is 12.0 Å². The molecular formula is C12H11ClF3N3. The van der Waals surface area contributed by atoms with Gasteiger partial charge in [0, 0.05) is 17.0 Å². The summed E-state index contributed by atoms with van der Waals surface area (Å²) < 4.78 is 38.2. The molecule has 0 atom stereocenters. The Morgan fingerprint density at radius 3 is 2.63 bits per heavy atom. The summed E-state index contributed by atoms with van der Waals surface area (Å²) in [6.45, 7) is 2.45. The fraction of sp³-hybridized carbons (Fsp3) is 0.333. The molecule has 0 saturated heterocycles. The summed E-state index contributed by atoms with van der Waals surface area (Å²) in [5.41, 5.74) is 0.174. The maximum atomic E-state index is 12.7. The second kappa shape index (κ2) is 5.21. The van der Waals surface area contributed by atoms with Crippen LogP contribution in [0.3, 0.4) is 0 Å². The summed E-state index contributed by atoms with van der Waals surface area (Å²) in [5, 5.41) is 3.73. The van der Waals surface area contributed by atoms with Gasteiger partial charge in [0.1, 0.15) is 5.82 Å². The van der Waals surface area contributed by atoms with Crippen molar-refractivity contribution in [3.8, 4) is 0 Å². The van der Waals surface area contributed by atoms with Gasteiger partial charge in [0.05, 0.1) is 5.52 Å². The Morgan fingerprint density at radius 1 is 1.26 bits per heavy atom. The summed E-state index contributed by atoms with van der Waals surface area (Å²) >= 11 is 5.78. The number of halogens is 4. The van der Waals surface area contributed by atoms with Crippen LogP contribution in [0.4, 0.5) is 19.0 Å². The van der Waals surface area contributed by atoms with Crippen LogP contribution in [-0.4, -0.2) is 16.5 Å². The van der Waals surface area contributed by atoms with Crippen molar-refractivity contribution in [2.45, 2.75) is 19.5 Å². The van der Waals surface area contributed by atoms with Gasteiger partial charge in [0.15, 0.2) is 0 Å². The van der Waals surface area contributed by atoms with Crippen molar-refractivity contribution in [1.82, 2.24) is 9.97 Å². The predicted octanol–water partition coefficient (Wildman–Crippen LogP) is 4.12. The lowest BCUT2D eigenvalue weighted by Gasteiger charge is -2.11.